The fraction of sp³-hybridized carbons (Fsp3) is 1.00. The molecule has 0 aliphatic heterocycles. The Balaban J connectivity index is 3.27. The van der Waals surface area contributed by atoms with E-state index in [2.05, 4.69) is 32.7 Å². The molecule has 0 N–H and O–H groups in total. The average Bonchev–Trinajstić information content (AvgIpc) is 2.19. The molecule has 84 valence electrons. The van der Waals surface area contributed by atoms with Gasteiger partial charge in [-0.05, 0) is 0 Å². The molecule has 0 aliphatic carbocycles. The van der Waals surface area contributed by atoms with Gasteiger partial charge in [0.05, 0.1) is 0 Å². The van der Waals surface area contributed by atoms with Gasteiger partial charge >= 0.3 is 99.0 Å². The molecular formula is C12H28InN. The van der Waals surface area contributed by atoms with Crippen LogP contribution in [0.2, 0.25) is 12.5 Å². The first-order valence-electron chi connectivity index (χ1n) is 6.43. The van der Waals surface area contributed by atoms with Gasteiger partial charge in [0.1, 0.15) is 0 Å². The van der Waals surface area contributed by atoms with E-state index in [-0.39, 0.29) is 0 Å². The van der Waals surface area contributed by atoms with Crippen molar-refractivity contribution in [2.24, 2.45) is 0 Å². The van der Waals surface area contributed by atoms with Crippen molar-refractivity contribution in [2.45, 2.75) is 52.6 Å². The van der Waals surface area contributed by atoms with E-state index in [4.69, 9.17) is 0 Å². The number of hydrogen-bond donors (Lipinski definition) is 0. The van der Waals surface area contributed by atoms with Crippen molar-refractivity contribution < 1.29 is 0 Å². The topological polar surface area (TPSA) is 3.24 Å². The van der Waals surface area contributed by atoms with Crippen LogP contribution < -0.4 is 0 Å². The van der Waals surface area contributed by atoms with E-state index in [1.165, 1.54) is 32.4 Å². The first-order valence-corrected chi connectivity index (χ1v) is 13.4. The van der Waals surface area contributed by atoms with Gasteiger partial charge in [0.25, 0.3) is 0 Å². The number of nitrogens with zero attached hydrogens (tertiary/aromatic N) is 1. The Morgan fingerprint density at radius 2 is 1.57 bits per heavy atom. The second-order valence-corrected chi connectivity index (χ2v) is 15.7. The fourth-order valence-corrected chi connectivity index (χ4v) is 8.46. The molecule has 0 atom stereocenters. The molecule has 0 aromatic heterocycles. The summed E-state index contributed by atoms with van der Waals surface area (Å²) in [6.45, 7) is 9.67. The SMILES string of the molecule is CCCN(C)CCC[CH2][In]([CH2]C)[CH2]C. The van der Waals surface area contributed by atoms with Gasteiger partial charge in [0, 0.05) is 0 Å². The van der Waals surface area contributed by atoms with Crippen LogP contribution in [0.5, 0.6) is 0 Å². The molecule has 0 bridgehead atoms. The standard InChI is InChI=1S/C8H18N.2C2H5.In/c1-4-6-8-9(3)7-5-2;2*1-2;/h1,4-8H2,2-3H3;2*1H2,2H3;. The summed E-state index contributed by atoms with van der Waals surface area (Å²) in [6.07, 6.45) is 4.24. The van der Waals surface area contributed by atoms with Gasteiger partial charge in [0.15, 0.2) is 0 Å². The average molecular weight is 301 g/mol. The van der Waals surface area contributed by atoms with Crippen molar-refractivity contribution in [3.8, 4) is 0 Å². The normalized spacial score (nSPS) is 10.9. The Morgan fingerprint density at radius 3 is 2.07 bits per heavy atom. The first kappa shape index (κ1) is 14.8. The predicted octanol–water partition coefficient (Wildman–Crippen LogP) is 3.64. The Bertz CT molecular complexity index is 113. The Labute approximate surface area is 98.8 Å². The number of rotatable bonds is 9. The minimum absolute atomic E-state index is 0.939. The van der Waals surface area contributed by atoms with Crippen LogP contribution in [-0.2, 0) is 0 Å². The second-order valence-electron chi connectivity index (χ2n) is 4.48. The molecule has 0 fully saturated rings. The van der Waals surface area contributed by atoms with E-state index in [1.807, 2.05) is 0 Å². The van der Waals surface area contributed by atoms with Gasteiger partial charge in [0.2, 0.25) is 0 Å². The van der Waals surface area contributed by atoms with Crippen LogP contribution in [0, 0.1) is 0 Å². The summed E-state index contributed by atoms with van der Waals surface area (Å²) < 4.78 is 4.79. The summed E-state index contributed by atoms with van der Waals surface area (Å²) in [5.41, 5.74) is 0. The van der Waals surface area contributed by atoms with Crippen LogP contribution in [-0.4, -0.2) is 46.5 Å². The van der Waals surface area contributed by atoms with E-state index in [1.54, 1.807) is 12.5 Å². The molecule has 0 amide bonds. The summed E-state index contributed by atoms with van der Waals surface area (Å²) in [6, 6.07) is 0. The quantitative estimate of drug-likeness (QED) is 0.588. The molecule has 2 heteroatoms. The third-order valence-corrected chi connectivity index (χ3v) is 13.2. The van der Waals surface area contributed by atoms with Crippen molar-refractivity contribution >= 4 is 21.4 Å². The van der Waals surface area contributed by atoms with E-state index < -0.39 is 21.4 Å². The van der Waals surface area contributed by atoms with Gasteiger partial charge in [-0.25, -0.2) is 0 Å². The molecule has 14 heavy (non-hydrogen) atoms. The van der Waals surface area contributed by atoms with E-state index in [0.29, 0.717) is 0 Å². The zero-order valence-corrected chi connectivity index (χ0v) is 14.0. The van der Waals surface area contributed by atoms with E-state index in [0.717, 1.165) is 0 Å². The van der Waals surface area contributed by atoms with Crippen LogP contribution >= 0.6 is 0 Å². The second kappa shape index (κ2) is 10.4. The van der Waals surface area contributed by atoms with E-state index in [9.17, 15) is 0 Å². The molecule has 0 heterocycles. The van der Waals surface area contributed by atoms with Crippen LogP contribution in [0.15, 0.2) is 0 Å². The monoisotopic (exact) mass is 301 g/mol. The van der Waals surface area contributed by atoms with Gasteiger partial charge in [-0.1, -0.05) is 0 Å². The van der Waals surface area contributed by atoms with Crippen LogP contribution in [0.4, 0.5) is 0 Å². The van der Waals surface area contributed by atoms with Crippen LogP contribution in [0.25, 0.3) is 0 Å². The summed E-state index contributed by atoms with van der Waals surface area (Å²) in [5, 5.41) is 0. The first-order chi connectivity index (χ1) is 6.74. The molecule has 0 aromatic carbocycles. The van der Waals surface area contributed by atoms with Crippen molar-refractivity contribution in [3.63, 3.8) is 0 Å². The Morgan fingerprint density at radius 1 is 0.929 bits per heavy atom. The fourth-order valence-electron chi connectivity index (χ4n) is 2.01. The molecule has 0 aliphatic rings. The molecule has 0 spiro atoms. The predicted molar refractivity (Wildman–Crippen MR) is 68.5 cm³/mol. The van der Waals surface area contributed by atoms with E-state index >= 15 is 0 Å². The van der Waals surface area contributed by atoms with Gasteiger partial charge in [-0.15, -0.1) is 0 Å². The summed E-state index contributed by atoms with van der Waals surface area (Å²) in [5.74, 6) is 0. The van der Waals surface area contributed by atoms with Crippen molar-refractivity contribution in [3.05, 3.63) is 0 Å². The maximum atomic E-state index is 2.47. The van der Waals surface area contributed by atoms with Crippen molar-refractivity contribution in [1.82, 2.24) is 4.90 Å². The summed E-state index contributed by atoms with van der Waals surface area (Å²) in [4.78, 5) is 2.47. The maximum absolute atomic E-state index is 2.47. The van der Waals surface area contributed by atoms with Crippen LogP contribution in [0.1, 0.15) is 40.0 Å². The Hall–Kier alpha value is 0.830. The van der Waals surface area contributed by atoms with Gasteiger partial charge in [-0.2, -0.15) is 0 Å². The van der Waals surface area contributed by atoms with Crippen molar-refractivity contribution in [1.29, 1.82) is 0 Å². The summed E-state index contributed by atoms with van der Waals surface area (Å²) >= 11 is -0.939. The third kappa shape index (κ3) is 8.16. The number of hydrogen-bond acceptors (Lipinski definition) is 1. The third-order valence-electron chi connectivity index (χ3n) is 3.16. The van der Waals surface area contributed by atoms with Gasteiger partial charge < -0.3 is 0 Å². The Kier molecular flexibility index (Phi) is 11.0. The molecule has 0 saturated carbocycles. The molecule has 0 saturated heterocycles. The molecule has 0 radical (unpaired) electrons. The van der Waals surface area contributed by atoms with Crippen LogP contribution in [0.3, 0.4) is 0 Å². The molecule has 1 nitrogen and oxygen atoms in total. The molecule has 0 rings (SSSR count). The molecule has 0 unspecified atom stereocenters. The minimum atomic E-state index is -0.939. The number of unbranched alkanes of at least 4 members (excludes halogenated alkanes) is 1. The zero-order valence-electron chi connectivity index (χ0n) is 10.7. The zero-order chi connectivity index (χ0) is 10.8. The van der Waals surface area contributed by atoms with Crippen molar-refractivity contribution in [2.75, 3.05) is 20.1 Å². The molecular weight excluding hydrogens is 273 g/mol. The summed E-state index contributed by atoms with van der Waals surface area (Å²) in [7, 11) is 2.25. The van der Waals surface area contributed by atoms with Gasteiger partial charge in [-0.3, -0.25) is 0 Å². The molecule has 0 aromatic rings.